The Morgan fingerprint density at radius 1 is 0.396 bits per heavy atom. The number of benzene rings is 6. The van der Waals surface area contributed by atoms with E-state index in [2.05, 4.69) is 145 Å². The third-order valence-electron chi connectivity index (χ3n) is 7.93. The second-order valence-electron chi connectivity index (χ2n) is 11.6. The van der Waals surface area contributed by atoms with Crippen LogP contribution >= 0.6 is 13.1 Å². The number of para-hydroxylation sites is 4. The summed E-state index contributed by atoms with van der Waals surface area (Å²) in [5, 5.41) is 15.7. The Balaban J connectivity index is 0.000000250. The highest BCUT2D eigenvalue weighted by Gasteiger charge is 2.42. The van der Waals surface area contributed by atoms with Crippen LogP contribution in [0, 0.1) is 27.7 Å². The molecule has 0 aliphatic heterocycles. The summed E-state index contributed by atoms with van der Waals surface area (Å²) in [7, 11) is -2.49. The molecule has 0 aromatic heterocycles. The standard InChI is InChI=1S/C28H32N4P.C12H11PS2/c1-21-13-5-9-17-25(21)29-33(30-26-18-10-6-14-22(26)2,31-27-19-11-7-15-23(27)3)32-28-20-12-8-16-24(28)4;14-13(15,11-7-3-1-4-8-11)12-9-5-2-6-10-12/h5-20,29-32H,1-4H3;1-10H,(H,14,15)/q+1;/p-1. The largest absolute Gasteiger partial charge is 0.738 e. The van der Waals surface area contributed by atoms with Crippen LogP contribution in [-0.4, -0.2) is 0 Å². The molecule has 0 fully saturated rings. The number of aryl methyl sites for hydroxylation is 4. The molecule has 0 radical (unpaired) electrons. The van der Waals surface area contributed by atoms with Crippen LogP contribution in [0.3, 0.4) is 0 Å². The summed E-state index contributed by atoms with van der Waals surface area (Å²) in [4.78, 5) is 0. The highest BCUT2D eigenvalue weighted by molar-refractivity contribution is 8.60. The van der Waals surface area contributed by atoms with Crippen molar-refractivity contribution >= 4 is 70.5 Å². The van der Waals surface area contributed by atoms with Gasteiger partial charge >= 0.3 is 7.87 Å². The van der Waals surface area contributed by atoms with Crippen molar-refractivity contribution < 1.29 is 0 Å². The molecule has 0 heterocycles. The molecule has 8 heteroatoms. The minimum absolute atomic E-state index is 1.08. The van der Waals surface area contributed by atoms with E-state index in [0.29, 0.717) is 0 Å². The second-order valence-corrected chi connectivity index (χ2v) is 20.0. The molecule has 0 spiro atoms. The van der Waals surface area contributed by atoms with E-state index in [4.69, 9.17) is 24.1 Å². The maximum atomic E-state index is 5.60. The van der Waals surface area contributed by atoms with Gasteiger partial charge < -0.3 is 12.2 Å². The van der Waals surface area contributed by atoms with Crippen LogP contribution in [0.1, 0.15) is 22.3 Å². The molecular formula is C40H42N4P2S2. The van der Waals surface area contributed by atoms with Crippen LogP contribution in [0.25, 0.3) is 0 Å². The van der Waals surface area contributed by atoms with Gasteiger partial charge in [-0.25, -0.2) is 20.3 Å². The van der Waals surface area contributed by atoms with Gasteiger partial charge in [0, 0.05) is 0 Å². The van der Waals surface area contributed by atoms with Crippen molar-refractivity contribution in [2.75, 3.05) is 20.3 Å². The van der Waals surface area contributed by atoms with E-state index in [1.807, 2.05) is 60.7 Å². The van der Waals surface area contributed by atoms with Crippen LogP contribution in [0.15, 0.2) is 158 Å². The first-order valence-corrected chi connectivity index (χ1v) is 21.4. The molecule has 6 rings (SSSR count). The SMILES string of the molecule is Cc1ccccc1N[P+](Nc1ccccc1C)(Nc1ccccc1C)Nc1ccccc1C.S=P([S-])(c1ccccc1)c1ccccc1. The fourth-order valence-electron chi connectivity index (χ4n) is 5.08. The molecule has 244 valence electrons. The third kappa shape index (κ3) is 9.09. The fraction of sp³-hybridized carbons (Fsp3) is 0.100. The van der Waals surface area contributed by atoms with E-state index in [9.17, 15) is 0 Å². The Kier molecular flexibility index (Phi) is 12.0. The Hall–Kier alpha value is -4.05. The van der Waals surface area contributed by atoms with Gasteiger partial charge in [-0.05, 0) is 84.8 Å². The third-order valence-corrected chi connectivity index (χ3v) is 14.7. The maximum Gasteiger partial charge on any atom is 0.395 e. The van der Waals surface area contributed by atoms with Gasteiger partial charge in [0.1, 0.15) is 0 Å². The van der Waals surface area contributed by atoms with Crippen LogP contribution in [0.2, 0.25) is 0 Å². The lowest BCUT2D eigenvalue weighted by atomic mass is 10.2. The second kappa shape index (κ2) is 16.4. The smallest absolute Gasteiger partial charge is 0.395 e. The van der Waals surface area contributed by atoms with E-state index in [1.165, 1.54) is 22.3 Å². The van der Waals surface area contributed by atoms with E-state index < -0.39 is 13.1 Å². The highest BCUT2D eigenvalue weighted by Crippen LogP contribution is 2.57. The molecule has 0 saturated heterocycles. The quantitative estimate of drug-likeness (QED) is 0.0841. The minimum atomic E-state index is -2.49. The molecule has 0 amide bonds. The van der Waals surface area contributed by atoms with E-state index in [0.717, 1.165) is 33.4 Å². The van der Waals surface area contributed by atoms with Gasteiger partial charge in [-0.2, -0.15) is 0 Å². The first kappa shape index (κ1) is 35.3. The summed E-state index contributed by atoms with van der Waals surface area (Å²) in [6.07, 6.45) is 0. The summed E-state index contributed by atoms with van der Waals surface area (Å²) in [5.74, 6) is 0. The Morgan fingerprint density at radius 3 is 0.875 bits per heavy atom. The van der Waals surface area contributed by atoms with Crippen molar-refractivity contribution in [2.45, 2.75) is 27.7 Å². The first-order chi connectivity index (χ1) is 23.2. The number of rotatable bonds is 10. The van der Waals surface area contributed by atoms with Gasteiger partial charge in [-0.15, -0.1) is 17.0 Å². The summed E-state index contributed by atoms with van der Waals surface area (Å²) in [5.41, 5.74) is 9.06. The van der Waals surface area contributed by atoms with Gasteiger partial charge in [-0.3, -0.25) is 0 Å². The predicted octanol–water partition coefficient (Wildman–Crippen LogP) is 10.9. The van der Waals surface area contributed by atoms with Gasteiger partial charge in [0.2, 0.25) is 0 Å². The van der Waals surface area contributed by atoms with Gasteiger partial charge in [-0.1, -0.05) is 133 Å². The van der Waals surface area contributed by atoms with Gasteiger partial charge in [0.05, 0.1) is 22.7 Å². The zero-order valence-electron chi connectivity index (χ0n) is 27.7. The van der Waals surface area contributed by atoms with Crippen LogP contribution < -0.4 is 31.0 Å². The molecule has 0 unspecified atom stereocenters. The molecule has 0 bridgehead atoms. The van der Waals surface area contributed by atoms with Crippen LogP contribution in [-0.2, 0) is 24.1 Å². The number of nitrogens with one attached hydrogen (secondary N) is 4. The number of anilines is 4. The fourth-order valence-corrected chi connectivity index (χ4v) is 10.8. The predicted molar refractivity (Wildman–Crippen MR) is 220 cm³/mol. The molecule has 6 aromatic rings. The summed E-state index contributed by atoms with van der Waals surface area (Å²) in [6.45, 7) is 8.53. The summed E-state index contributed by atoms with van der Waals surface area (Å²) >= 11 is 11.2. The Bertz CT molecular complexity index is 1750. The van der Waals surface area contributed by atoms with Gasteiger partial charge in [0.15, 0.2) is 0 Å². The lowest BCUT2D eigenvalue weighted by Crippen LogP contribution is -2.28. The molecule has 48 heavy (non-hydrogen) atoms. The molecule has 0 saturated carbocycles. The highest BCUT2D eigenvalue weighted by atomic mass is 32.9. The van der Waals surface area contributed by atoms with Gasteiger partial charge in [0.25, 0.3) is 0 Å². The topological polar surface area (TPSA) is 48.1 Å². The lowest BCUT2D eigenvalue weighted by molar-refractivity contribution is 1.41. The number of hydrogen-bond donors (Lipinski definition) is 4. The zero-order valence-corrected chi connectivity index (χ0v) is 31.1. The maximum absolute atomic E-state index is 5.60. The zero-order chi connectivity index (χ0) is 34.0. The van der Waals surface area contributed by atoms with Crippen molar-refractivity contribution in [2.24, 2.45) is 0 Å². The Morgan fingerprint density at radius 2 is 0.625 bits per heavy atom. The lowest BCUT2D eigenvalue weighted by Gasteiger charge is -2.31. The normalized spacial score (nSPS) is 11.1. The van der Waals surface area contributed by atoms with E-state index in [1.54, 1.807) is 0 Å². The molecule has 4 N–H and O–H groups in total. The molecule has 0 aliphatic rings. The van der Waals surface area contributed by atoms with E-state index in [-0.39, 0.29) is 0 Å². The first-order valence-electron chi connectivity index (χ1n) is 15.8. The molecule has 0 atom stereocenters. The Labute approximate surface area is 297 Å². The van der Waals surface area contributed by atoms with Crippen molar-refractivity contribution in [3.8, 4) is 0 Å². The average Bonchev–Trinajstić information content (AvgIpc) is 3.10. The molecule has 4 nitrogen and oxygen atoms in total. The monoisotopic (exact) mass is 704 g/mol. The molecule has 6 aromatic carbocycles. The van der Waals surface area contributed by atoms with Crippen molar-refractivity contribution in [3.05, 3.63) is 180 Å². The summed E-state index contributed by atoms with van der Waals surface area (Å²) < 4.78 is 0. The van der Waals surface area contributed by atoms with Crippen LogP contribution in [0.5, 0.6) is 0 Å². The number of hydrogen-bond acceptors (Lipinski definition) is 6. The van der Waals surface area contributed by atoms with E-state index >= 15 is 0 Å². The molecular weight excluding hydrogens is 663 g/mol. The van der Waals surface area contributed by atoms with Crippen molar-refractivity contribution in [1.29, 1.82) is 0 Å². The van der Waals surface area contributed by atoms with Crippen molar-refractivity contribution in [1.82, 2.24) is 0 Å². The van der Waals surface area contributed by atoms with Crippen molar-refractivity contribution in [3.63, 3.8) is 0 Å². The minimum Gasteiger partial charge on any atom is -0.738 e. The average molecular weight is 705 g/mol. The summed E-state index contributed by atoms with van der Waals surface area (Å²) in [6, 6.07) is 53.6. The molecule has 0 aliphatic carbocycles. The van der Waals surface area contributed by atoms with Crippen LogP contribution in [0.4, 0.5) is 22.7 Å².